The lowest BCUT2D eigenvalue weighted by molar-refractivity contribution is -0.394. The third-order valence-electron chi connectivity index (χ3n) is 5.68. The van der Waals surface area contributed by atoms with E-state index >= 15 is 0 Å². The van der Waals surface area contributed by atoms with Crippen molar-refractivity contribution in [3.05, 3.63) is 102 Å². The van der Waals surface area contributed by atoms with Crippen LogP contribution in [0, 0.1) is 20.2 Å². The summed E-state index contributed by atoms with van der Waals surface area (Å²) in [7, 11) is 0. The van der Waals surface area contributed by atoms with Gasteiger partial charge in [0.1, 0.15) is 12.3 Å². The molecule has 0 bridgehead atoms. The molecule has 1 fully saturated rings. The van der Waals surface area contributed by atoms with Crippen LogP contribution in [0.1, 0.15) is 22.8 Å². The van der Waals surface area contributed by atoms with Crippen molar-refractivity contribution in [2.75, 3.05) is 18.5 Å². The minimum absolute atomic E-state index is 0.0396. The summed E-state index contributed by atoms with van der Waals surface area (Å²) in [6.07, 6.45) is 1.42. The van der Waals surface area contributed by atoms with Crippen molar-refractivity contribution in [2.24, 2.45) is 0 Å². The molecule has 4 rings (SSSR count). The predicted molar refractivity (Wildman–Crippen MR) is 155 cm³/mol. The number of ether oxygens (including phenoxy) is 2. The number of hydrogen-bond donors (Lipinski definition) is 1. The minimum atomic E-state index is -0.802. The Kier molecular flexibility index (Phi) is 9.37. The largest absolute Gasteiger partial charge is 0.462 e. The van der Waals surface area contributed by atoms with Gasteiger partial charge in [-0.3, -0.25) is 39.5 Å². The molecule has 16 heteroatoms. The number of halogens is 1. The molecule has 3 aromatic rings. The van der Waals surface area contributed by atoms with Crippen LogP contribution < -0.4 is 10.1 Å². The number of amides is 3. The highest BCUT2D eigenvalue weighted by atomic mass is 35.5. The molecule has 0 aliphatic carbocycles. The standard InChI is InChI=1S/C27H19ClN4O10S/c1-2-41-26(35)19-12-16(5-9-20(19)28)29-24(33)14-30-25(34)23(43-27(30)36)11-15-3-7-18(8-4-15)42-22-10-6-17(31(37)38)13-21(22)32(39)40/h3-13H,2,14H2,1H3,(H,29,33)/b23-11+. The number of nitrogens with one attached hydrogen (secondary N) is 1. The maximum absolute atomic E-state index is 12.9. The number of hydrogen-bond acceptors (Lipinski definition) is 11. The van der Waals surface area contributed by atoms with Crippen LogP contribution >= 0.6 is 23.4 Å². The molecule has 1 heterocycles. The Labute approximate surface area is 251 Å². The third kappa shape index (κ3) is 7.33. The smallest absolute Gasteiger partial charge is 0.339 e. The number of benzene rings is 3. The van der Waals surface area contributed by atoms with Crippen LogP contribution in [0.5, 0.6) is 11.5 Å². The summed E-state index contributed by atoms with van der Waals surface area (Å²) in [5.41, 5.74) is -0.326. The summed E-state index contributed by atoms with van der Waals surface area (Å²) in [5, 5.41) is 24.2. The average molecular weight is 627 g/mol. The molecule has 0 atom stereocenters. The predicted octanol–water partition coefficient (Wildman–Crippen LogP) is 5.80. The van der Waals surface area contributed by atoms with Gasteiger partial charge in [0.15, 0.2) is 0 Å². The van der Waals surface area contributed by atoms with E-state index < -0.39 is 50.8 Å². The highest BCUT2D eigenvalue weighted by Gasteiger charge is 2.36. The molecule has 3 amide bonds. The first-order valence-electron chi connectivity index (χ1n) is 12.2. The zero-order chi connectivity index (χ0) is 31.3. The number of nitrogens with zero attached hydrogens (tertiary/aromatic N) is 3. The molecule has 1 saturated heterocycles. The number of carbonyl (C=O) groups excluding carboxylic acids is 4. The molecule has 0 spiro atoms. The second-order valence-corrected chi connectivity index (χ2v) is 9.97. The minimum Gasteiger partial charge on any atom is -0.462 e. The fourth-order valence-electron chi connectivity index (χ4n) is 3.71. The van der Waals surface area contributed by atoms with Gasteiger partial charge in [-0.25, -0.2) is 4.79 Å². The van der Waals surface area contributed by atoms with Gasteiger partial charge in [-0.2, -0.15) is 0 Å². The zero-order valence-corrected chi connectivity index (χ0v) is 23.5. The molecule has 0 aromatic heterocycles. The lowest BCUT2D eigenvalue weighted by Crippen LogP contribution is -2.36. The number of imide groups is 1. The van der Waals surface area contributed by atoms with E-state index in [-0.39, 0.29) is 39.3 Å². The molecule has 1 N–H and O–H groups in total. The third-order valence-corrected chi connectivity index (χ3v) is 6.91. The van der Waals surface area contributed by atoms with Crippen molar-refractivity contribution < 1.29 is 38.5 Å². The SMILES string of the molecule is CCOC(=O)c1cc(NC(=O)CN2C(=O)S/C(=C/c3ccc(Oc4ccc([N+](=O)[O-])cc4[N+](=O)[O-])cc3)C2=O)ccc1Cl. The summed E-state index contributed by atoms with van der Waals surface area (Å²) in [6.45, 7) is 1.18. The molecule has 14 nitrogen and oxygen atoms in total. The molecule has 1 aliphatic heterocycles. The van der Waals surface area contributed by atoms with Crippen molar-refractivity contribution >= 4 is 69.5 Å². The number of nitro benzene ring substituents is 2. The number of thioether (sulfide) groups is 1. The van der Waals surface area contributed by atoms with Crippen molar-refractivity contribution in [1.82, 2.24) is 4.90 Å². The maximum atomic E-state index is 12.9. The van der Waals surface area contributed by atoms with E-state index in [1.165, 1.54) is 48.5 Å². The molecule has 43 heavy (non-hydrogen) atoms. The summed E-state index contributed by atoms with van der Waals surface area (Å²) in [4.78, 5) is 71.5. The lowest BCUT2D eigenvalue weighted by Gasteiger charge is -2.13. The Morgan fingerprint density at radius 2 is 1.74 bits per heavy atom. The van der Waals surface area contributed by atoms with Gasteiger partial charge in [0.2, 0.25) is 11.7 Å². The molecule has 220 valence electrons. The average Bonchev–Trinajstić information content (AvgIpc) is 3.22. The van der Waals surface area contributed by atoms with Gasteiger partial charge in [0.25, 0.3) is 16.8 Å². The second kappa shape index (κ2) is 13.1. The van der Waals surface area contributed by atoms with E-state index in [1.54, 1.807) is 6.92 Å². The lowest BCUT2D eigenvalue weighted by atomic mass is 10.2. The van der Waals surface area contributed by atoms with Crippen molar-refractivity contribution in [2.45, 2.75) is 6.92 Å². The highest BCUT2D eigenvalue weighted by molar-refractivity contribution is 8.18. The normalized spacial score (nSPS) is 13.6. The fraction of sp³-hybridized carbons (Fsp3) is 0.111. The number of esters is 1. The number of rotatable bonds is 10. The Morgan fingerprint density at radius 1 is 1.02 bits per heavy atom. The van der Waals surface area contributed by atoms with Crippen LogP contribution in [0.15, 0.2) is 65.6 Å². The Bertz CT molecular complexity index is 1690. The fourth-order valence-corrected chi connectivity index (χ4v) is 4.74. The molecule has 0 saturated carbocycles. The van der Waals surface area contributed by atoms with E-state index in [0.717, 1.165) is 23.1 Å². The molecule has 0 radical (unpaired) electrons. The first-order chi connectivity index (χ1) is 20.5. The van der Waals surface area contributed by atoms with E-state index in [4.69, 9.17) is 21.1 Å². The van der Waals surface area contributed by atoms with Crippen LogP contribution in [-0.4, -0.2) is 50.9 Å². The van der Waals surface area contributed by atoms with Crippen molar-refractivity contribution in [3.63, 3.8) is 0 Å². The van der Waals surface area contributed by atoms with Crippen LogP contribution in [0.25, 0.3) is 6.08 Å². The highest BCUT2D eigenvalue weighted by Crippen LogP contribution is 2.35. The van der Waals surface area contributed by atoms with Gasteiger partial charge < -0.3 is 14.8 Å². The summed E-state index contributed by atoms with van der Waals surface area (Å²) in [6, 6.07) is 13.1. The molecule has 3 aromatic carbocycles. The van der Waals surface area contributed by atoms with Gasteiger partial charge >= 0.3 is 11.7 Å². The van der Waals surface area contributed by atoms with Gasteiger partial charge in [-0.1, -0.05) is 23.7 Å². The molecular formula is C27H19ClN4O10S. The monoisotopic (exact) mass is 626 g/mol. The number of nitro groups is 2. The van der Waals surface area contributed by atoms with E-state index in [0.29, 0.717) is 17.3 Å². The van der Waals surface area contributed by atoms with Crippen LogP contribution in [0.3, 0.4) is 0 Å². The quantitative estimate of drug-likeness (QED) is 0.124. The van der Waals surface area contributed by atoms with Gasteiger partial charge in [0, 0.05) is 11.8 Å². The number of carbonyl (C=O) groups is 4. The van der Waals surface area contributed by atoms with Crippen molar-refractivity contribution in [1.29, 1.82) is 0 Å². The van der Waals surface area contributed by atoms with Gasteiger partial charge in [0.05, 0.1) is 38.0 Å². The summed E-state index contributed by atoms with van der Waals surface area (Å²) in [5.74, 6) is -2.10. The van der Waals surface area contributed by atoms with Crippen LogP contribution in [0.2, 0.25) is 5.02 Å². The molecular weight excluding hydrogens is 608 g/mol. The van der Waals surface area contributed by atoms with E-state index in [9.17, 15) is 39.4 Å². The van der Waals surface area contributed by atoms with Crippen molar-refractivity contribution in [3.8, 4) is 11.5 Å². The second-order valence-electron chi connectivity index (χ2n) is 8.57. The maximum Gasteiger partial charge on any atom is 0.339 e. The Balaban J connectivity index is 1.42. The first-order valence-corrected chi connectivity index (χ1v) is 13.4. The first kappa shape index (κ1) is 30.7. The van der Waals surface area contributed by atoms with E-state index in [2.05, 4.69) is 5.32 Å². The Morgan fingerprint density at radius 3 is 2.40 bits per heavy atom. The summed E-state index contributed by atoms with van der Waals surface area (Å²) < 4.78 is 10.4. The van der Waals surface area contributed by atoms with Gasteiger partial charge in [-0.15, -0.1) is 0 Å². The van der Waals surface area contributed by atoms with Crippen LogP contribution in [0.4, 0.5) is 21.9 Å². The molecule has 1 aliphatic rings. The number of anilines is 1. The topological polar surface area (TPSA) is 188 Å². The Hall–Kier alpha value is -5.28. The van der Waals surface area contributed by atoms with E-state index in [1.807, 2.05) is 0 Å². The summed E-state index contributed by atoms with van der Waals surface area (Å²) >= 11 is 6.66. The van der Waals surface area contributed by atoms with Crippen LogP contribution in [-0.2, 0) is 14.3 Å². The zero-order valence-electron chi connectivity index (χ0n) is 22.0. The van der Waals surface area contributed by atoms with Gasteiger partial charge in [-0.05, 0) is 66.7 Å². The molecule has 0 unspecified atom stereocenters. The number of non-ortho nitro benzene ring substituents is 1.